The molecule has 0 saturated heterocycles. The van der Waals surface area contributed by atoms with Gasteiger partial charge in [-0.25, -0.2) is 4.79 Å². The molecule has 3 N–H and O–H groups in total. The zero-order chi connectivity index (χ0) is 13.1. The average molecular weight is 247 g/mol. The van der Waals surface area contributed by atoms with Gasteiger partial charge in [-0.05, 0) is 37.5 Å². The number of hydrogen-bond acceptors (Lipinski definition) is 2. The van der Waals surface area contributed by atoms with Crippen LogP contribution in [0.4, 0.5) is 16.2 Å². The number of hydrogen-bond donors (Lipinski definition) is 3. The maximum Gasteiger partial charge on any atom is 0.319 e. The summed E-state index contributed by atoms with van der Waals surface area (Å²) in [7, 11) is 0. The van der Waals surface area contributed by atoms with Gasteiger partial charge in [-0.15, -0.1) is 0 Å². The molecule has 1 aliphatic rings. The van der Waals surface area contributed by atoms with Gasteiger partial charge in [0.2, 0.25) is 5.91 Å². The van der Waals surface area contributed by atoms with Crippen molar-refractivity contribution in [1.82, 2.24) is 5.32 Å². The van der Waals surface area contributed by atoms with Crippen molar-refractivity contribution in [1.29, 1.82) is 0 Å². The second-order valence-corrected chi connectivity index (χ2v) is 4.58. The predicted molar refractivity (Wildman–Crippen MR) is 70.7 cm³/mol. The fourth-order valence-electron chi connectivity index (χ4n) is 1.60. The molecule has 2 rings (SSSR count). The Bertz CT molecular complexity index is 481. The molecule has 0 heterocycles. The molecule has 0 radical (unpaired) electrons. The molecule has 18 heavy (non-hydrogen) atoms. The van der Waals surface area contributed by atoms with Gasteiger partial charge in [0.25, 0.3) is 0 Å². The lowest BCUT2D eigenvalue weighted by molar-refractivity contribution is -0.114. The van der Waals surface area contributed by atoms with Crippen LogP contribution in [0, 0.1) is 6.92 Å². The number of nitrogens with one attached hydrogen (secondary N) is 3. The second kappa shape index (κ2) is 5.08. The standard InChI is InChI=1S/C13H17N3O2/c1-8-3-4-11(7-12(8)14-9(2)17)16-13(18)15-10-5-6-10/h3-4,7,10H,5-6H2,1-2H3,(H,14,17)(H2,15,16,18). The Kier molecular flexibility index (Phi) is 3.50. The van der Waals surface area contributed by atoms with E-state index < -0.39 is 0 Å². The topological polar surface area (TPSA) is 70.2 Å². The molecule has 1 fully saturated rings. The van der Waals surface area contributed by atoms with E-state index in [-0.39, 0.29) is 11.9 Å². The van der Waals surface area contributed by atoms with Crippen molar-refractivity contribution in [3.63, 3.8) is 0 Å². The van der Waals surface area contributed by atoms with Gasteiger partial charge in [0.05, 0.1) is 0 Å². The number of carbonyl (C=O) groups excluding carboxylic acids is 2. The van der Waals surface area contributed by atoms with E-state index in [1.54, 1.807) is 6.07 Å². The largest absolute Gasteiger partial charge is 0.335 e. The van der Waals surface area contributed by atoms with Crippen molar-refractivity contribution in [2.75, 3.05) is 10.6 Å². The summed E-state index contributed by atoms with van der Waals surface area (Å²) in [6.07, 6.45) is 2.11. The van der Waals surface area contributed by atoms with Crippen LogP contribution in [0.3, 0.4) is 0 Å². The smallest absolute Gasteiger partial charge is 0.319 e. The lowest BCUT2D eigenvalue weighted by atomic mass is 10.2. The summed E-state index contributed by atoms with van der Waals surface area (Å²) in [6, 6.07) is 5.55. The van der Waals surface area contributed by atoms with E-state index in [4.69, 9.17) is 0 Å². The lowest BCUT2D eigenvalue weighted by Gasteiger charge is -2.11. The Morgan fingerprint density at radius 3 is 2.56 bits per heavy atom. The van der Waals surface area contributed by atoms with Crippen molar-refractivity contribution in [2.45, 2.75) is 32.7 Å². The van der Waals surface area contributed by atoms with E-state index in [0.717, 1.165) is 18.4 Å². The molecule has 0 atom stereocenters. The van der Waals surface area contributed by atoms with E-state index in [0.29, 0.717) is 17.4 Å². The van der Waals surface area contributed by atoms with Crippen LogP contribution in [0.15, 0.2) is 18.2 Å². The molecule has 1 aromatic carbocycles. The van der Waals surface area contributed by atoms with Crippen molar-refractivity contribution >= 4 is 23.3 Å². The van der Waals surface area contributed by atoms with Gasteiger partial charge in [-0.3, -0.25) is 4.79 Å². The molecule has 1 aliphatic carbocycles. The van der Waals surface area contributed by atoms with E-state index in [1.165, 1.54) is 6.92 Å². The minimum Gasteiger partial charge on any atom is -0.335 e. The van der Waals surface area contributed by atoms with Crippen LogP contribution in [-0.2, 0) is 4.79 Å². The van der Waals surface area contributed by atoms with Crippen LogP contribution < -0.4 is 16.0 Å². The van der Waals surface area contributed by atoms with Gasteiger partial charge in [-0.1, -0.05) is 6.07 Å². The van der Waals surface area contributed by atoms with Crippen molar-refractivity contribution in [3.05, 3.63) is 23.8 Å². The Morgan fingerprint density at radius 2 is 1.94 bits per heavy atom. The minimum absolute atomic E-state index is 0.127. The van der Waals surface area contributed by atoms with Gasteiger partial charge in [-0.2, -0.15) is 0 Å². The normalized spacial score (nSPS) is 13.9. The first-order valence-electron chi connectivity index (χ1n) is 6.00. The quantitative estimate of drug-likeness (QED) is 0.766. The highest BCUT2D eigenvalue weighted by molar-refractivity contribution is 5.93. The molecule has 0 aliphatic heterocycles. The summed E-state index contributed by atoms with van der Waals surface area (Å²) in [5.74, 6) is -0.127. The third-order valence-electron chi connectivity index (χ3n) is 2.72. The number of aryl methyl sites for hydroxylation is 1. The van der Waals surface area contributed by atoms with Crippen LogP contribution in [0.1, 0.15) is 25.3 Å². The third-order valence-corrected chi connectivity index (χ3v) is 2.72. The van der Waals surface area contributed by atoms with E-state index in [1.807, 2.05) is 19.1 Å². The summed E-state index contributed by atoms with van der Waals surface area (Å²) in [5.41, 5.74) is 2.34. The number of urea groups is 1. The van der Waals surface area contributed by atoms with Crippen LogP contribution in [0.5, 0.6) is 0 Å². The van der Waals surface area contributed by atoms with E-state index in [2.05, 4.69) is 16.0 Å². The molecule has 1 aromatic rings. The Morgan fingerprint density at radius 1 is 1.22 bits per heavy atom. The number of carbonyl (C=O) groups is 2. The van der Waals surface area contributed by atoms with Crippen LogP contribution >= 0.6 is 0 Å². The first kappa shape index (κ1) is 12.4. The minimum atomic E-state index is -0.199. The highest BCUT2D eigenvalue weighted by atomic mass is 16.2. The first-order valence-corrected chi connectivity index (χ1v) is 6.00. The number of benzene rings is 1. The summed E-state index contributed by atoms with van der Waals surface area (Å²) < 4.78 is 0. The van der Waals surface area contributed by atoms with Gasteiger partial charge < -0.3 is 16.0 Å². The molecule has 5 nitrogen and oxygen atoms in total. The predicted octanol–water partition coefficient (Wildman–Crippen LogP) is 2.24. The first-order chi connectivity index (χ1) is 8.54. The van der Waals surface area contributed by atoms with Crippen LogP contribution in [-0.4, -0.2) is 18.0 Å². The maximum absolute atomic E-state index is 11.6. The van der Waals surface area contributed by atoms with Gasteiger partial charge in [0.1, 0.15) is 0 Å². The van der Waals surface area contributed by atoms with Crippen LogP contribution in [0.25, 0.3) is 0 Å². The van der Waals surface area contributed by atoms with E-state index >= 15 is 0 Å². The molecule has 0 spiro atoms. The fourth-order valence-corrected chi connectivity index (χ4v) is 1.60. The van der Waals surface area contributed by atoms with Gasteiger partial charge in [0.15, 0.2) is 0 Å². The van der Waals surface area contributed by atoms with Crippen molar-refractivity contribution < 1.29 is 9.59 Å². The number of amides is 3. The maximum atomic E-state index is 11.6. The lowest BCUT2D eigenvalue weighted by Crippen LogP contribution is -2.30. The molecule has 5 heteroatoms. The number of rotatable bonds is 3. The Balaban J connectivity index is 2.03. The van der Waals surface area contributed by atoms with Gasteiger partial charge in [0, 0.05) is 24.3 Å². The zero-order valence-electron chi connectivity index (χ0n) is 10.5. The molecule has 0 unspecified atom stereocenters. The van der Waals surface area contributed by atoms with Crippen molar-refractivity contribution in [2.24, 2.45) is 0 Å². The molecule has 96 valence electrons. The SMILES string of the molecule is CC(=O)Nc1cc(NC(=O)NC2CC2)ccc1C. The Hall–Kier alpha value is -2.04. The highest BCUT2D eigenvalue weighted by Gasteiger charge is 2.23. The van der Waals surface area contributed by atoms with Gasteiger partial charge >= 0.3 is 6.03 Å². The highest BCUT2D eigenvalue weighted by Crippen LogP contribution is 2.21. The summed E-state index contributed by atoms with van der Waals surface area (Å²) in [5, 5.41) is 8.32. The van der Waals surface area contributed by atoms with Crippen LogP contribution in [0.2, 0.25) is 0 Å². The zero-order valence-corrected chi connectivity index (χ0v) is 10.5. The summed E-state index contributed by atoms with van der Waals surface area (Å²) in [4.78, 5) is 22.6. The monoisotopic (exact) mass is 247 g/mol. The Labute approximate surface area is 106 Å². The van der Waals surface area contributed by atoms with Crippen molar-refractivity contribution in [3.8, 4) is 0 Å². The molecule has 0 aromatic heterocycles. The fraction of sp³-hybridized carbons (Fsp3) is 0.385. The molecular formula is C13H17N3O2. The summed E-state index contributed by atoms with van der Waals surface area (Å²) >= 11 is 0. The molecular weight excluding hydrogens is 230 g/mol. The third kappa shape index (κ3) is 3.48. The van der Waals surface area contributed by atoms with E-state index in [9.17, 15) is 9.59 Å². The molecule has 0 bridgehead atoms. The molecule has 3 amide bonds. The average Bonchev–Trinajstić information content (AvgIpc) is 3.06. The summed E-state index contributed by atoms with van der Waals surface area (Å²) in [6.45, 7) is 3.36. The second-order valence-electron chi connectivity index (χ2n) is 4.58. The number of anilines is 2. The molecule has 1 saturated carbocycles.